The van der Waals surface area contributed by atoms with Crippen molar-refractivity contribution in [2.75, 3.05) is 6.61 Å². The third-order valence-corrected chi connectivity index (χ3v) is 6.40. The fourth-order valence-corrected chi connectivity index (χ4v) is 4.14. The summed E-state index contributed by atoms with van der Waals surface area (Å²) >= 11 is 0. The molecule has 0 heterocycles. The molecule has 1 atom stereocenters. The molecular weight excluding hydrogens is 427 g/mol. The van der Waals surface area contributed by atoms with E-state index in [0.717, 1.165) is 59.8 Å². The molecule has 1 unspecified atom stereocenters. The van der Waals surface area contributed by atoms with Gasteiger partial charge in [0.2, 0.25) is 0 Å². The van der Waals surface area contributed by atoms with E-state index in [2.05, 4.69) is 20.8 Å². The molecule has 0 saturated heterocycles. The first-order valence-electron chi connectivity index (χ1n) is 12.5. The number of ether oxygens (including phenoxy) is 3. The van der Waals surface area contributed by atoms with Crippen molar-refractivity contribution in [1.29, 1.82) is 0 Å². The van der Waals surface area contributed by atoms with Crippen molar-refractivity contribution in [2.24, 2.45) is 5.92 Å². The normalized spacial score (nSPS) is 14.0. The molecule has 0 amide bonds. The van der Waals surface area contributed by atoms with Crippen molar-refractivity contribution in [2.45, 2.75) is 65.4 Å². The van der Waals surface area contributed by atoms with Crippen LogP contribution in [-0.2, 0) is 13.0 Å². The number of hydrogen-bond acceptors (Lipinski definition) is 3. The lowest BCUT2D eigenvalue weighted by atomic mass is 9.96. The first-order chi connectivity index (χ1) is 16.6. The maximum Gasteiger partial charge on any atom is 0.131 e. The van der Waals surface area contributed by atoms with E-state index < -0.39 is 0 Å². The first kappa shape index (κ1) is 24.1. The molecule has 1 saturated carbocycles. The van der Waals surface area contributed by atoms with Gasteiger partial charge in [0.25, 0.3) is 0 Å². The Bertz CT molecular complexity index is 1090. The summed E-state index contributed by atoms with van der Waals surface area (Å²) in [6.45, 7) is 7.46. The molecule has 1 aliphatic rings. The van der Waals surface area contributed by atoms with Gasteiger partial charge in [0.1, 0.15) is 35.4 Å². The fraction of sp³-hybridized carbons (Fsp3) is 0.400. The monoisotopic (exact) mass is 462 g/mol. The van der Waals surface area contributed by atoms with Crippen LogP contribution in [0.3, 0.4) is 0 Å². The molecule has 1 aliphatic carbocycles. The summed E-state index contributed by atoms with van der Waals surface area (Å²) in [5.41, 5.74) is 2.97. The van der Waals surface area contributed by atoms with Crippen LogP contribution in [0, 0.1) is 11.7 Å². The van der Waals surface area contributed by atoms with Crippen LogP contribution >= 0.6 is 0 Å². The second-order valence-electron chi connectivity index (χ2n) is 9.28. The van der Waals surface area contributed by atoms with Crippen LogP contribution in [0.15, 0.2) is 60.7 Å². The van der Waals surface area contributed by atoms with E-state index in [0.29, 0.717) is 18.3 Å². The summed E-state index contributed by atoms with van der Waals surface area (Å²) in [7, 11) is 0. The van der Waals surface area contributed by atoms with Crippen molar-refractivity contribution in [1.82, 2.24) is 0 Å². The van der Waals surface area contributed by atoms with Gasteiger partial charge in [-0.15, -0.1) is 0 Å². The Morgan fingerprint density at radius 2 is 1.59 bits per heavy atom. The number of hydrogen-bond donors (Lipinski definition) is 0. The van der Waals surface area contributed by atoms with E-state index in [1.165, 1.54) is 18.9 Å². The number of halogens is 1. The molecule has 0 aliphatic heterocycles. The van der Waals surface area contributed by atoms with Crippen molar-refractivity contribution in [3.63, 3.8) is 0 Å². The van der Waals surface area contributed by atoms with Crippen LogP contribution in [0.5, 0.6) is 23.0 Å². The van der Waals surface area contributed by atoms with E-state index in [1.807, 2.05) is 54.6 Å². The smallest absolute Gasteiger partial charge is 0.131 e. The fourth-order valence-electron chi connectivity index (χ4n) is 4.14. The van der Waals surface area contributed by atoms with Crippen molar-refractivity contribution in [3.05, 3.63) is 83.2 Å². The Kier molecular flexibility index (Phi) is 8.10. The highest BCUT2D eigenvalue weighted by Gasteiger charge is 2.22. The van der Waals surface area contributed by atoms with E-state index in [4.69, 9.17) is 14.2 Å². The lowest BCUT2D eigenvalue weighted by molar-refractivity contribution is 0.298. The molecule has 0 spiro atoms. The van der Waals surface area contributed by atoms with Gasteiger partial charge in [0.05, 0.1) is 6.61 Å². The van der Waals surface area contributed by atoms with Crippen molar-refractivity contribution >= 4 is 0 Å². The predicted octanol–water partition coefficient (Wildman–Crippen LogP) is 8.45. The Hall–Kier alpha value is -3.01. The molecule has 0 bridgehead atoms. The molecule has 3 nitrogen and oxygen atoms in total. The van der Waals surface area contributed by atoms with Gasteiger partial charge < -0.3 is 14.2 Å². The van der Waals surface area contributed by atoms with Crippen LogP contribution < -0.4 is 14.2 Å². The molecule has 3 aromatic rings. The average Bonchev–Trinajstić information content (AvgIpc) is 3.67. The molecule has 3 aromatic carbocycles. The minimum absolute atomic E-state index is 0.193. The zero-order chi connectivity index (χ0) is 23.9. The van der Waals surface area contributed by atoms with E-state index in [1.54, 1.807) is 0 Å². The van der Waals surface area contributed by atoms with Gasteiger partial charge in [0.15, 0.2) is 0 Å². The van der Waals surface area contributed by atoms with Gasteiger partial charge in [0, 0.05) is 12.1 Å². The SMILES string of the molecule is CCCC(C)c1ccc(OCc2ccc(Oc3cccc(OCC4CC4)c3)cc2CC)cc1F. The van der Waals surface area contributed by atoms with Gasteiger partial charge in [-0.2, -0.15) is 0 Å². The highest BCUT2D eigenvalue weighted by molar-refractivity contribution is 5.41. The Morgan fingerprint density at radius 3 is 2.32 bits per heavy atom. The zero-order valence-corrected chi connectivity index (χ0v) is 20.5. The predicted molar refractivity (Wildman–Crippen MR) is 135 cm³/mol. The second kappa shape index (κ2) is 11.4. The van der Waals surface area contributed by atoms with Crippen LogP contribution in [-0.4, -0.2) is 6.61 Å². The number of rotatable bonds is 12. The van der Waals surface area contributed by atoms with Gasteiger partial charge in [-0.1, -0.05) is 45.4 Å². The molecule has 1 fully saturated rings. The summed E-state index contributed by atoms with van der Waals surface area (Å²) < 4.78 is 32.5. The largest absolute Gasteiger partial charge is 0.493 e. The van der Waals surface area contributed by atoms with Crippen LogP contribution in [0.4, 0.5) is 4.39 Å². The first-order valence-corrected chi connectivity index (χ1v) is 12.5. The van der Waals surface area contributed by atoms with Gasteiger partial charge in [-0.3, -0.25) is 0 Å². The Morgan fingerprint density at radius 1 is 0.853 bits per heavy atom. The summed E-state index contributed by atoms with van der Waals surface area (Å²) in [6.07, 6.45) is 5.40. The highest BCUT2D eigenvalue weighted by atomic mass is 19.1. The maximum absolute atomic E-state index is 14.6. The van der Waals surface area contributed by atoms with E-state index in [-0.39, 0.29) is 11.7 Å². The summed E-state index contributed by atoms with van der Waals surface area (Å²) in [5.74, 6) is 3.66. The topological polar surface area (TPSA) is 27.7 Å². The number of benzene rings is 3. The Balaban J connectivity index is 1.38. The highest BCUT2D eigenvalue weighted by Crippen LogP contribution is 2.32. The molecule has 4 heteroatoms. The van der Waals surface area contributed by atoms with Crippen molar-refractivity contribution in [3.8, 4) is 23.0 Å². The van der Waals surface area contributed by atoms with E-state index in [9.17, 15) is 4.39 Å². The molecule has 0 radical (unpaired) electrons. The Labute approximate surface area is 202 Å². The molecule has 4 rings (SSSR count). The lowest BCUT2D eigenvalue weighted by Gasteiger charge is -2.15. The quantitative estimate of drug-likeness (QED) is 0.270. The maximum atomic E-state index is 14.6. The molecule has 34 heavy (non-hydrogen) atoms. The molecule has 0 aromatic heterocycles. The summed E-state index contributed by atoms with van der Waals surface area (Å²) in [6, 6.07) is 19.0. The number of aryl methyl sites for hydroxylation is 1. The zero-order valence-electron chi connectivity index (χ0n) is 20.5. The van der Waals surface area contributed by atoms with Crippen LogP contribution in [0.1, 0.15) is 69.1 Å². The van der Waals surface area contributed by atoms with Crippen molar-refractivity contribution < 1.29 is 18.6 Å². The van der Waals surface area contributed by atoms with Crippen LogP contribution in [0.25, 0.3) is 0 Å². The molecule has 0 N–H and O–H groups in total. The van der Waals surface area contributed by atoms with Gasteiger partial charge in [-0.05, 0) is 84.5 Å². The second-order valence-corrected chi connectivity index (χ2v) is 9.28. The molecular formula is C30H35FO3. The summed E-state index contributed by atoms with van der Waals surface area (Å²) in [4.78, 5) is 0. The van der Waals surface area contributed by atoms with E-state index >= 15 is 0 Å². The summed E-state index contributed by atoms with van der Waals surface area (Å²) in [5, 5.41) is 0. The minimum atomic E-state index is -0.193. The molecule has 180 valence electrons. The van der Waals surface area contributed by atoms with Gasteiger partial charge in [-0.25, -0.2) is 4.39 Å². The minimum Gasteiger partial charge on any atom is -0.493 e. The lowest BCUT2D eigenvalue weighted by Crippen LogP contribution is -2.02. The third-order valence-electron chi connectivity index (χ3n) is 6.40. The van der Waals surface area contributed by atoms with Gasteiger partial charge >= 0.3 is 0 Å². The third kappa shape index (κ3) is 6.53. The van der Waals surface area contributed by atoms with Crippen LogP contribution in [0.2, 0.25) is 0 Å². The standard InChI is InChI=1S/C30H35FO3/c1-4-7-21(3)29-15-14-26(18-30(29)31)33-20-24-12-13-28(16-23(24)5-2)34-27-9-6-8-25(17-27)32-19-22-10-11-22/h6,8-9,12-18,21-22H,4-5,7,10-11,19-20H2,1-3H3. The average molecular weight is 463 g/mol.